The van der Waals surface area contributed by atoms with Gasteiger partial charge in [0.2, 0.25) is 11.8 Å². The Morgan fingerprint density at radius 1 is 1.08 bits per heavy atom. The maximum absolute atomic E-state index is 13.6. The van der Waals surface area contributed by atoms with Gasteiger partial charge in [0.25, 0.3) is 0 Å². The molecule has 2 aromatic carbocycles. The number of piperazine rings is 1. The van der Waals surface area contributed by atoms with Crippen LogP contribution in [-0.2, 0) is 16.1 Å². The molecule has 2 atom stereocenters. The molecule has 2 fully saturated rings. The molecule has 0 spiro atoms. The fourth-order valence-electron chi connectivity index (χ4n) is 4.77. The lowest BCUT2D eigenvalue weighted by atomic mass is 9.98. The minimum Gasteiger partial charge on any atom is -0.497 e. The monoisotopic (exact) mass is 493 g/mol. The molecule has 4 amide bonds. The van der Waals surface area contributed by atoms with Crippen molar-refractivity contribution in [2.24, 2.45) is 5.92 Å². The van der Waals surface area contributed by atoms with Crippen molar-refractivity contribution in [3.63, 3.8) is 0 Å². The normalized spacial score (nSPS) is 20.5. The molecule has 1 N–H and O–H groups in total. The first-order valence-corrected chi connectivity index (χ1v) is 12.4. The van der Waals surface area contributed by atoms with Crippen molar-refractivity contribution in [1.82, 2.24) is 25.1 Å². The van der Waals surface area contributed by atoms with Crippen LogP contribution in [0.15, 0.2) is 54.6 Å². The molecule has 2 aromatic rings. The topological polar surface area (TPSA) is 85.4 Å². The van der Waals surface area contributed by atoms with Gasteiger partial charge in [-0.15, -0.1) is 0 Å². The van der Waals surface area contributed by atoms with E-state index in [4.69, 9.17) is 4.74 Å². The maximum atomic E-state index is 13.6. The number of ether oxygens (including phenoxy) is 1. The number of methoxy groups -OCH3 is 1. The molecule has 0 aromatic heterocycles. The van der Waals surface area contributed by atoms with Gasteiger partial charge in [-0.25, -0.2) is 14.8 Å². The van der Waals surface area contributed by atoms with Crippen molar-refractivity contribution in [2.75, 3.05) is 33.8 Å². The molecule has 2 heterocycles. The van der Waals surface area contributed by atoms with Crippen LogP contribution in [0.2, 0.25) is 0 Å². The number of carbonyl (C=O) groups is 3. The summed E-state index contributed by atoms with van der Waals surface area (Å²) in [4.78, 5) is 43.8. The number of nitrogens with zero attached hydrogens (tertiary/aromatic N) is 4. The molecule has 2 aliphatic heterocycles. The van der Waals surface area contributed by atoms with E-state index in [1.54, 1.807) is 34.0 Å². The standard InChI is InChI=1S/C27H35N5O4/c1-19(2)14-15-30-17-23-31(25(26(30)34)21-8-6-5-7-9-21)24(33)18-29(3)32(23)27(35)28-16-20-10-12-22(36-4)13-11-20/h5-13,19,23,25H,14-18H2,1-4H3,(H,28,35)/t23-,25-/m0/s1. The highest BCUT2D eigenvalue weighted by Crippen LogP contribution is 2.34. The largest absolute Gasteiger partial charge is 0.497 e. The summed E-state index contributed by atoms with van der Waals surface area (Å²) in [6.45, 7) is 5.41. The Bertz CT molecular complexity index is 1080. The van der Waals surface area contributed by atoms with Gasteiger partial charge in [-0.2, -0.15) is 0 Å². The third-order valence-corrected chi connectivity index (χ3v) is 6.73. The van der Waals surface area contributed by atoms with E-state index in [1.807, 2.05) is 54.6 Å². The number of urea groups is 1. The maximum Gasteiger partial charge on any atom is 0.334 e. The average Bonchev–Trinajstić information content (AvgIpc) is 2.87. The highest BCUT2D eigenvalue weighted by Gasteiger charge is 2.51. The summed E-state index contributed by atoms with van der Waals surface area (Å²) < 4.78 is 5.20. The molecule has 0 unspecified atom stereocenters. The summed E-state index contributed by atoms with van der Waals surface area (Å²) in [7, 11) is 3.34. The fourth-order valence-corrected chi connectivity index (χ4v) is 4.77. The summed E-state index contributed by atoms with van der Waals surface area (Å²) in [6.07, 6.45) is 0.232. The first-order chi connectivity index (χ1) is 17.3. The van der Waals surface area contributed by atoms with Crippen molar-refractivity contribution in [1.29, 1.82) is 0 Å². The summed E-state index contributed by atoms with van der Waals surface area (Å²) in [5.74, 6) is 0.892. The number of fused-ring (bicyclic) bond motifs is 1. The molecular weight excluding hydrogens is 458 g/mol. The molecule has 192 valence electrons. The number of hydrogen-bond acceptors (Lipinski definition) is 5. The molecule has 36 heavy (non-hydrogen) atoms. The van der Waals surface area contributed by atoms with Gasteiger partial charge < -0.3 is 19.9 Å². The summed E-state index contributed by atoms with van der Waals surface area (Å²) in [5.41, 5.74) is 1.68. The van der Waals surface area contributed by atoms with Crippen LogP contribution in [0.5, 0.6) is 5.75 Å². The lowest BCUT2D eigenvalue weighted by molar-refractivity contribution is -0.187. The number of carbonyl (C=O) groups excluding carboxylic acids is 3. The van der Waals surface area contributed by atoms with Gasteiger partial charge >= 0.3 is 6.03 Å². The molecule has 0 radical (unpaired) electrons. The van der Waals surface area contributed by atoms with Crippen LogP contribution in [0.3, 0.4) is 0 Å². The minimum absolute atomic E-state index is 0.00899. The second kappa shape index (κ2) is 11.0. The Hall–Kier alpha value is -3.59. The predicted octanol–water partition coefficient (Wildman–Crippen LogP) is 2.85. The zero-order valence-electron chi connectivity index (χ0n) is 21.4. The van der Waals surface area contributed by atoms with E-state index in [2.05, 4.69) is 19.2 Å². The van der Waals surface area contributed by atoms with Crippen LogP contribution in [0.4, 0.5) is 4.79 Å². The molecule has 0 saturated carbocycles. The Morgan fingerprint density at radius 2 is 1.78 bits per heavy atom. The smallest absolute Gasteiger partial charge is 0.334 e. The van der Waals surface area contributed by atoms with E-state index in [0.717, 1.165) is 23.3 Å². The highest BCUT2D eigenvalue weighted by molar-refractivity contribution is 5.92. The van der Waals surface area contributed by atoms with Gasteiger partial charge in [0.1, 0.15) is 18.0 Å². The van der Waals surface area contributed by atoms with Crippen LogP contribution in [0, 0.1) is 5.92 Å². The quantitative estimate of drug-likeness (QED) is 0.641. The molecule has 0 bridgehead atoms. The summed E-state index contributed by atoms with van der Waals surface area (Å²) in [6, 6.07) is 15.7. The Labute approximate surface area is 212 Å². The van der Waals surface area contributed by atoms with Crippen molar-refractivity contribution in [3.8, 4) is 5.75 Å². The SMILES string of the molecule is COc1ccc(CNC(=O)N2[C@H]3CN(CCC(C)C)C(=O)[C@H](c4ccccc4)N3C(=O)CN2C)cc1. The Morgan fingerprint density at radius 3 is 2.42 bits per heavy atom. The second-order valence-corrected chi connectivity index (χ2v) is 9.73. The minimum atomic E-state index is -0.768. The van der Waals surface area contributed by atoms with Crippen molar-refractivity contribution in [3.05, 3.63) is 65.7 Å². The fraction of sp³-hybridized carbons (Fsp3) is 0.444. The predicted molar refractivity (Wildman–Crippen MR) is 136 cm³/mol. The summed E-state index contributed by atoms with van der Waals surface area (Å²) >= 11 is 0. The van der Waals surface area contributed by atoms with Gasteiger partial charge in [-0.05, 0) is 35.6 Å². The van der Waals surface area contributed by atoms with Gasteiger partial charge in [-0.3, -0.25) is 9.59 Å². The number of amides is 4. The lowest BCUT2D eigenvalue weighted by Gasteiger charge is -2.54. The van der Waals surface area contributed by atoms with E-state index in [9.17, 15) is 14.4 Å². The van der Waals surface area contributed by atoms with Crippen LogP contribution < -0.4 is 10.1 Å². The van der Waals surface area contributed by atoms with Gasteiger partial charge in [-0.1, -0.05) is 56.3 Å². The number of hydrogen-bond donors (Lipinski definition) is 1. The first kappa shape index (κ1) is 25.5. The second-order valence-electron chi connectivity index (χ2n) is 9.73. The van der Waals surface area contributed by atoms with Crippen LogP contribution in [0.1, 0.15) is 37.4 Å². The van der Waals surface area contributed by atoms with Crippen molar-refractivity contribution < 1.29 is 19.1 Å². The highest BCUT2D eigenvalue weighted by atomic mass is 16.5. The molecule has 2 aliphatic rings. The van der Waals surface area contributed by atoms with E-state index in [0.29, 0.717) is 19.0 Å². The van der Waals surface area contributed by atoms with Gasteiger partial charge in [0.05, 0.1) is 20.2 Å². The molecule has 2 saturated heterocycles. The number of nitrogens with one attached hydrogen (secondary N) is 1. The molecule has 0 aliphatic carbocycles. The number of rotatable bonds is 7. The third-order valence-electron chi connectivity index (χ3n) is 6.73. The molecule has 9 nitrogen and oxygen atoms in total. The van der Waals surface area contributed by atoms with E-state index in [-0.39, 0.29) is 30.9 Å². The van der Waals surface area contributed by atoms with Crippen LogP contribution in [0.25, 0.3) is 0 Å². The Balaban J connectivity index is 1.61. The zero-order valence-corrected chi connectivity index (χ0v) is 21.4. The van der Waals surface area contributed by atoms with E-state index >= 15 is 0 Å². The number of hydrazine groups is 1. The van der Waals surface area contributed by atoms with Crippen LogP contribution >= 0.6 is 0 Å². The third kappa shape index (κ3) is 5.31. The molecule has 4 rings (SSSR count). The van der Waals surface area contributed by atoms with E-state index in [1.165, 1.54) is 0 Å². The first-order valence-electron chi connectivity index (χ1n) is 12.4. The van der Waals surface area contributed by atoms with Crippen molar-refractivity contribution in [2.45, 2.75) is 39.0 Å². The molecular formula is C27H35N5O4. The summed E-state index contributed by atoms with van der Waals surface area (Å²) in [5, 5.41) is 6.20. The lowest BCUT2D eigenvalue weighted by Crippen LogP contribution is -2.73. The van der Waals surface area contributed by atoms with Gasteiger partial charge in [0, 0.05) is 20.1 Å². The van der Waals surface area contributed by atoms with Crippen molar-refractivity contribution >= 4 is 17.8 Å². The van der Waals surface area contributed by atoms with Gasteiger partial charge in [0.15, 0.2) is 0 Å². The number of likely N-dealkylation sites (N-methyl/N-ethyl adjacent to an activating group) is 1. The zero-order chi connectivity index (χ0) is 25.8. The number of benzene rings is 2. The average molecular weight is 494 g/mol. The van der Waals surface area contributed by atoms with E-state index < -0.39 is 12.2 Å². The van der Waals surface area contributed by atoms with Crippen LogP contribution in [-0.4, -0.2) is 77.6 Å². The molecule has 9 heteroatoms. The Kier molecular flexibility index (Phi) is 7.79.